The van der Waals surface area contributed by atoms with Crippen LogP contribution in [-0.2, 0) is 19.1 Å². The quantitative estimate of drug-likeness (QED) is 0.547. The second kappa shape index (κ2) is 7.52. The van der Waals surface area contributed by atoms with Gasteiger partial charge in [0.15, 0.2) is 10.8 Å². The van der Waals surface area contributed by atoms with Crippen LogP contribution < -0.4 is 0 Å². The molecule has 2 aromatic heterocycles. The number of carboxylic acids is 1. The monoisotopic (exact) mass is 416 g/mol. The van der Waals surface area contributed by atoms with Gasteiger partial charge in [-0.3, -0.25) is 0 Å². The van der Waals surface area contributed by atoms with Crippen LogP contribution in [0.2, 0.25) is 5.15 Å². The number of benzene rings is 1. The van der Waals surface area contributed by atoms with E-state index >= 15 is 0 Å². The molecule has 1 aromatic carbocycles. The summed E-state index contributed by atoms with van der Waals surface area (Å²) in [5.41, 5.74) is -0.529. The minimum atomic E-state index is -4.50. The number of thiophene rings is 1. The van der Waals surface area contributed by atoms with E-state index in [1.165, 1.54) is 22.0 Å². The molecule has 0 spiro atoms. The summed E-state index contributed by atoms with van der Waals surface area (Å²) in [7, 11) is 0. The van der Waals surface area contributed by atoms with Gasteiger partial charge in [-0.1, -0.05) is 31.0 Å². The van der Waals surface area contributed by atoms with E-state index in [1.807, 2.05) is 6.92 Å². The molecule has 0 aliphatic carbocycles. The first-order valence-corrected chi connectivity index (χ1v) is 9.54. The lowest BCUT2D eigenvalue weighted by atomic mass is 10.1. The highest BCUT2D eigenvalue weighted by molar-refractivity contribution is 7.17. The van der Waals surface area contributed by atoms with E-state index in [1.54, 1.807) is 11.4 Å². The largest absolute Gasteiger partial charge is 0.476 e. The van der Waals surface area contributed by atoms with Crippen molar-refractivity contribution in [3.63, 3.8) is 0 Å². The van der Waals surface area contributed by atoms with Crippen molar-refractivity contribution < 1.29 is 23.1 Å². The van der Waals surface area contributed by atoms with Crippen molar-refractivity contribution in [1.82, 2.24) is 9.55 Å². The number of carbonyl (C=O) groups is 1. The molecule has 0 aliphatic rings. The summed E-state index contributed by atoms with van der Waals surface area (Å²) < 4.78 is 42.2. The van der Waals surface area contributed by atoms with E-state index in [0.717, 1.165) is 18.9 Å². The molecule has 0 radical (unpaired) electrons. The second-order valence-corrected chi connectivity index (χ2v) is 7.37. The predicted octanol–water partition coefficient (Wildman–Crippen LogP) is 5.86. The summed E-state index contributed by atoms with van der Waals surface area (Å²) in [4.78, 5) is 15.8. The summed E-state index contributed by atoms with van der Waals surface area (Å²) in [6.45, 7) is 1.95. The topological polar surface area (TPSA) is 55.1 Å². The summed E-state index contributed by atoms with van der Waals surface area (Å²) in [6, 6.07) is 4.03. The van der Waals surface area contributed by atoms with Gasteiger partial charge in [0.05, 0.1) is 12.1 Å². The number of aromatic nitrogens is 2. The highest BCUT2D eigenvalue weighted by Crippen LogP contribution is 2.39. The average Bonchev–Trinajstić information content (AvgIpc) is 3.13. The molecule has 0 aliphatic heterocycles. The molecule has 4 nitrogen and oxygen atoms in total. The zero-order chi connectivity index (χ0) is 19.8. The van der Waals surface area contributed by atoms with Crippen molar-refractivity contribution in [3.05, 3.63) is 51.4 Å². The molecular weight excluding hydrogens is 401 g/mol. The number of nitrogens with zero attached hydrogens (tertiary/aromatic N) is 2. The number of hydrogen-bond acceptors (Lipinski definition) is 3. The summed E-state index contributed by atoms with van der Waals surface area (Å²) >= 11 is 7.19. The van der Waals surface area contributed by atoms with Crippen molar-refractivity contribution >= 4 is 39.0 Å². The Hall–Kier alpha value is -2.06. The van der Waals surface area contributed by atoms with E-state index in [2.05, 4.69) is 4.98 Å². The third-order valence-electron chi connectivity index (χ3n) is 4.27. The van der Waals surface area contributed by atoms with Crippen LogP contribution in [0.25, 0.3) is 10.1 Å². The molecule has 0 fully saturated rings. The number of halogens is 4. The standard InChI is InChI=1S/C18H16ClF3N2O2S/c1-2-3-7-13-23-16(19)15(17(25)26)24(13)8-10-9-27-12-6-4-5-11(14(10)12)18(20,21)22/h4-6,9H,2-3,7-8H2,1H3,(H,25,26). The second-order valence-electron chi connectivity index (χ2n) is 6.10. The van der Waals surface area contributed by atoms with Gasteiger partial charge < -0.3 is 9.67 Å². The number of alkyl halides is 3. The van der Waals surface area contributed by atoms with Crippen LogP contribution >= 0.6 is 22.9 Å². The Morgan fingerprint density at radius 3 is 2.74 bits per heavy atom. The Bertz CT molecular complexity index is 995. The molecule has 9 heteroatoms. The highest BCUT2D eigenvalue weighted by Gasteiger charge is 2.34. The predicted molar refractivity (Wildman–Crippen MR) is 98.7 cm³/mol. The highest BCUT2D eigenvalue weighted by atomic mass is 35.5. The van der Waals surface area contributed by atoms with Gasteiger partial charge in [-0.2, -0.15) is 13.2 Å². The maximum Gasteiger partial charge on any atom is 0.417 e. The van der Waals surface area contributed by atoms with Crippen LogP contribution in [0.3, 0.4) is 0 Å². The maximum atomic E-state index is 13.4. The average molecular weight is 417 g/mol. The first kappa shape index (κ1) is 19.7. The van der Waals surface area contributed by atoms with Crippen molar-refractivity contribution in [2.24, 2.45) is 0 Å². The fourth-order valence-corrected chi connectivity index (χ4v) is 4.30. The fourth-order valence-electron chi connectivity index (χ4n) is 3.04. The van der Waals surface area contributed by atoms with Gasteiger partial charge in [0.2, 0.25) is 0 Å². The smallest absolute Gasteiger partial charge is 0.417 e. The van der Waals surface area contributed by atoms with E-state index in [9.17, 15) is 23.1 Å². The Kier molecular flexibility index (Phi) is 5.48. The molecular formula is C18H16ClF3N2O2S. The lowest BCUT2D eigenvalue weighted by molar-refractivity contribution is -0.136. The summed E-state index contributed by atoms with van der Waals surface area (Å²) in [6.07, 6.45) is -2.36. The molecule has 144 valence electrons. The lowest BCUT2D eigenvalue weighted by Gasteiger charge is -2.13. The molecule has 2 heterocycles. The number of hydrogen-bond donors (Lipinski definition) is 1. The first-order chi connectivity index (χ1) is 12.7. The van der Waals surface area contributed by atoms with Gasteiger partial charge in [-0.25, -0.2) is 9.78 Å². The number of rotatable bonds is 6. The Morgan fingerprint density at radius 2 is 2.11 bits per heavy atom. The van der Waals surface area contributed by atoms with E-state index in [0.29, 0.717) is 22.5 Å². The molecule has 0 saturated heterocycles. The van der Waals surface area contributed by atoms with Gasteiger partial charge in [0, 0.05) is 16.5 Å². The molecule has 0 amide bonds. The molecule has 27 heavy (non-hydrogen) atoms. The van der Waals surface area contributed by atoms with Crippen molar-refractivity contribution in [3.8, 4) is 0 Å². The number of carboxylic acid groups (broad SMARTS) is 1. The molecule has 0 saturated carbocycles. The van der Waals surface area contributed by atoms with E-state index in [-0.39, 0.29) is 22.8 Å². The Balaban J connectivity index is 2.14. The van der Waals surface area contributed by atoms with Crippen LogP contribution in [-0.4, -0.2) is 20.6 Å². The van der Waals surface area contributed by atoms with Crippen LogP contribution in [0.15, 0.2) is 23.6 Å². The van der Waals surface area contributed by atoms with Crippen molar-refractivity contribution in [2.75, 3.05) is 0 Å². The number of fused-ring (bicyclic) bond motifs is 1. The molecule has 0 atom stereocenters. The third-order valence-corrected chi connectivity index (χ3v) is 5.53. The SMILES string of the molecule is CCCCc1nc(Cl)c(C(=O)O)n1Cc1csc2cccc(C(F)(F)F)c12. The number of unbranched alkanes of at least 4 members (excludes halogenated alkanes) is 1. The molecule has 1 N–H and O–H groups in total. The number of imidazole rings is 1. The van der Waals surface area contributed by atoms with Crippen LogP contribution in [0, 0.1) is 0 Å². The van der Waals surface area contributed by atoms with Crippen molar-refractivity contribution in [1.29, 1.82) is 0 Å². The minimum absolute atomic E-state index is 0.0342. The Morgan fingerprint density at radius 1 is 1.37 bits per heavy atom. The van der Waals surface area contributed by atoms with Crippen LogP contribution in [0.1, 0.15) is 47.2 Å². The van der Waals surface area contributed by atoms with Gasteiger partial charge in [-0.15, -0.1) is 11.3 Å². The Labute approximate surface area is 162 Å². The van der Waals surface area contributed by atoms with E-state index < -0.39 is 17.7 Å². The summed E-state index contributed by atoms with van der Waals surface area (Å²) in [5, 5.41) is 11.1. The van der Waals surface area contributed by atoms with Crippen LogP contribution in [0.4, 0.5) is 13.2 Å². The maximum absolute atomic E-state index is 13.4. The van der Waals surface area contributed by atoms with Gasteiger partial charge >= 0.3 is 12.1 Å². The van der Waals surface area contributed by atoms with Gasteiger partial charge in [0.1, 0.15) is 5.82 Å². The van der Waals surface area contributed by atoms with Gasteiger partial charge in [0.25, 0.3) is 0 Å². The molecule has 3 rings (SSSR count). The minimum Gasteiger partial charge on any atom is -0.476 e. The number of aryl methyl sites for hydroxylation is 1. The summed E-state index contributed by atoms with van der Waals surface area (Å²) in [5.74, 6) is -0.797. The molecule has 0 unspecified atom stereocenters. The van der Waals surface area contributed by atoms with Crippen LogP contribution in [0.5, 0.6) is 0 Å². The van der Waals surface area contributed by atoms with Crippen molar-refractivity contribution in [2.45, 2.75) is 38.9 Å². The first-order valence-electron chi connectivity index (χ1n) is 8.28. The fraction of sp³-hybridized carbons (Fsp3) is 0.333. The van der Waals surface area contributed by atoms with E-state index in [4.69, 9.17) is 11.6 Å². The molecule has 3 aromatic rings. The third kappa shape index (κ3) is 3.82. The lowest BCUT2D eigenvalue weighted by Crippen LogP contribution is -2.13. The molecule has 0 bridgehead atoms. The number of aromatic carboxylic acids is 1. The zero-order valence-corrected chi connectivity index (χ0v) is 15.9. The zero-order valence-electron chi connectivity index (χ0n) is 14.3. The van der Waals surface area contributed by atoms with Gasteiger partial charge in [-0.05, 0) is 29.5 Å². The normalized spacial score (nSPS) is 12.0.